The lowest BCUT2D eigenvalue weighted by Crippen LogP contribution is -2.53. The van der Waals surface area contributed by atoms with E-state index in [1.54, 1.807) is 65.9 Å². The van der Waals surface area contributed by atoms with Crippen molar-refractivity contribution in [3.63, 3.8) is 0 Å². The molecule has 3 atom stereocenters. The Kier molecular flexibility index (Phi) is 26.7. The first-order chi connectivity index (χ1) is 60.2. The third-order valence-corrected chi connectivity index (χ3v) is 24.9. The van der Waals surface area contributed by atoms with E-state index in [4.69, 9.17) is 54.5 Å². The summed E-state index contributed by atoms with van der Waals surface area (Å²) >= 11 is 20.8. The summed E-state index contributed by atoms with van der Waals surface area (Å²) in [6, 6.07) is 47.5. The number of aromatic nitrogens is 4. The average Bonchev–Trinajstić information content (AvgIpc) is 0.735. The number of fused-ring (bicyclic) bond motifs is 3. The van der Waals surface area contributed by atoms with Crippen molar-refractivity contribution < 1.29 is 24.6 Å². The highest BCUT2D eigenvalue weighted by atomic mass is 35.5. The zero-order chi connectivity index (χ0) is 90.9. The molecule has 3 aliphatic rings. The van der Waals surface area contributed by atoms with E-state index in [1.807, 2.05) is 177 Å². The number of phenolic OH excluding ortho intramolecular Hbond substituents is 2. The zero-order valence-corrected chi connectivity index (χ0v) is 74.7. The first kappa shape index (κ1) is 90.0. The van der Waals surface area contributed by atoms with Gasteiger partial charge in [0.2, 0.25) is 17.7 Å². The molecule has 0 saturated carbocycles. The molecule has 2 N–H and O–H groups in total. The zero-order valence-electron chi connectivity index (χ0n) is 72.5. The van der Waals surface area contributed by atoms with Crippen LogP contribution in [0.3, 0.4) is 0 Å². The molecule has 22 nitrogen and oxygen atoms in total. The van der Waals surface area contributed by atoms with Crippen molar-refractivity contribution in [3.8, 4) is 61.9 Å². The summed E-state index contributed by atoms with van der Waals surface area (Å²) in [5.74, 6) is 0.120. The number of piperazine rings is 3. The van der Waals surface area contributed by atoms with Gasteiger partial charge in [0.05, 0.1) is 70.4 Å². The third kappa shape index (κ3) is 17.1. The number of benzene rings is 8. The van der Waals surface area contributed by atoms with Crippen LogP contribution in [0.25, 0.3) is 97.7 Å². The van der Waals surface area contributed by atoms with Crippen LogP contribution in [-0.4, -0.2) is 138 Å². The van der Waals surface area contributed by atoms with Gasteiger partial charge in [-0.1, -0.05) is 174 Å². The Balaban J connectivity index is 0.000000162. The smallest absolute Gasteiger partial charge is 0.274 e. The van der Waals surface area contributed by atoms with Gasteiger partial charge >= 0.3 is 0 Å². The average molecular weight is 1740 g/mol. The van der Waals surface area contributed by atoms with Gasteiger partial charge in [-0.15, -0.1) is 0 Å². The number of nitrogens with zero attached hydrogens (tertiary/aromatic N) is 13. The molecule has 126 heavy (non-hydrogen) atoms. The van der Waals surface area contributed by atoms with Crippen molar-refractivity contribution in [2.75, 3.05) is 73.6 Å². The minimum Gasteiger partial charge on any atom is -0.508 e. The highest BCUT2D eigenvalue weighted by Crippen LogP contribution is 2.48. The normalized spacial score (nSPS) is 15.2. The van der Waals surface area contributed by atoms with Crippen LogP contribution < -0.4 is 36.9 Å². The van der Waals surface area contributed by atoms with E-state index < -0.39 is 16.7 Å². The molecule has 3 amide bonds. The number of para-hydroxylation sites is 3. The third-order valence-electron chi connectivity index (χ3n) is 23.9. The maximum atomic E-state index is 14.4. The summed E-state index contributed by atoms with van der Waals surface area (Å²) in [6.07, 6.45) is 5.59. The molecule has 12 aromatic rings. The van der Waals surface area contributed by atoms with Crippen LogP contribution in [0.1, 0.15) is 108 Å². The monoisotopic (exact) mass is 1740 g/mol. The molecule has 7 heterocycles. The van der Waals surface area contributed by atoms with Gasteiger partial charge in [-0.3, -0.25) is 47.3 Å². The van der Waals surface area contributed by atoms with Gasteiger partial charge in [-0.05, 0) is 183 Å². The summed E-state index contributed by atoms with van der Waals surface area (Å²) in [5, 5.41) is 24.4. The number of pyridine rings is 4. The molecule has 3 aliphatic heterocycles. The number of halogens is 3. The molecular formula is C101H98Cl3N13O9. The van der Waals surface area contributed by atoms with Crippen LogP contribution in [0, 0.1) is 33.6 Å². The summed E-state index contributed by atoms with van der Waals surface area (Å²) in [5.41, 5.74) is 12.2. The molecule has 3 saturated heterocycles. The fourth-order valence-corrected chi connectivity index (χ4v) is 18.2. The highest BCUT2D eigenvalue weighted by Gasteiger charge is 2.37. The van der Waals surface area contributed by atoms with Gasteiger partial charge in [0, 0.05) is 150 Å². The first-order valence-electron chi connectivity index (χ1n) is 41.7. The maximum Gasteiger partial charge on any atom is 0.274 e. The number of hydrogen-bond acceptors (Lipinski definition) is 12. The summed E-state index contributed by atoms with van der Waals surface area (Å²) in [4.78, 5) is 115. The second-order valence-electron chi connectivity index (χ2n) is 33.0. The Hall–Kier alpha value is -13.7. The molecule has 4 aromatic heterocycles. The number of aromatic hydroxyl groups is 2. The van der Waals surface area contributed by atoms with Crippen LogP contribution in [0.15, 0.2) is 221 Å². The number of rotatable bonds is 15. The second kappa shape index (κ2) is 37.4. The molecule has 642 valence electrons. The largest absolute Gasteiger partial charge is 0.508 e. The van der Waals surface area contributed by atoms with E-state index in [0.29, 0.717) is 174 Å². The number of phenols is 2. The molecule has 0 radical (unpaired) electrons. The van der Waals surface area contributed by atoms with Crippen molar-refractivity contribution in [1.82, 2.24) is 33.0 Å². The van der Waals surface area contributed by atoms with E-state index in [-0.39, 0.29) is 87.7 Å². The van der Waals surface area contributed by atoms with Gasteiger partial charge in [0.1, 0.15) is 11.5 Å². The van der Waals surface area contributed by atoms with Gasteiger partial charge < -0.3 is 44.2 Å². The highest BCUT2D eigenvalue weighted by molar-refractivity contribution is 6.36. The fourth-order valence-electron chi connectivity index (χ4n) is 17.4. The number of anilines is 3. The topological polar surface area (TPSA) is 212 Å². The molecule has 15 rings (SSSR count). The second-order valence-corrected chi connectivity index (χ2v) is 34.2. The van der Waals surface area contributed by atoms with Gasteiger partial charge in [-0.25, -0.2) is 14.5 Å². The van der Waals surface area contributed by atoms with E-state index in [2.05, 4.69) is 75.8 Å². The van der Waals surface area contributed by atoms with Gasteiger partial charge in [-0.2, -0.15) is 0 Å². The molecule has 0 aliphatic carbocycles. The van der Waals surface area contributed by atoms with E-state index >= 15 is 0 Å². The van der Waals surface area contributed by atoms with Gasteiger partial charge in [0.25, 0.3) is 39.3 Å². The van der Waals surface area contributed by atoms with Crippen LogP contribution in [0.5, 0.6) is 11.5 Å². The van der Waals surface area contributed by atoms with Crippen molar-refractivity contribution in [2.45, 2.75) is 112 Å². The summed E-state index contributed by atoms with van der Waals surface area (Å²) in [7, 11) is 1.68. The summed E-state index contributed by atoms with van der Waals surface area (Å²) in [6.45, 7) is 61.2. The quantitative estimate of drug-likeness (QED) is 0.0725. The van der Waals surface area contributed by atoms with Crippen molar-refractivity contribution in [2.24, 2.45) is 7.05 Å². The van der Waals surface area contributed by atoms with E-state index in [0.717, 1.165) is 27.8 Å². The van der Waals surface area contributed by atoms with Gasteiger partial charge in [0.15, 0.2) is 0 Å². The number of hydrogen-bond donors (Lipinski definition) is 2. The van der Waals surface area contributed by atoms with E-state index in [9.17, 15) is 43.8 Å². The standard InChI is InChI=1S/2C34H33ClN4O3.C33H32ClN5O3/c1-7-31(41)37-14-15-38(22(5)19-37)33-26-17-27(35)25(23-13-12-21(4)30(40)16-23)18-29(26)39(34(42)32(33)36-6)28-11-9-8-10-24(28)20(2)3;1-7-31(41)37-14-15-38(22(5)19-37)33-26-17-27(35)24(25-16-21(4)12-13-30(25)40)18-29(26)39(34(42)32(33)36-6)28-11-9-8-10-23(28)20(2)3;1-7-29(40)37-14-15-38(21(4)19-37)32-25-17-26(34)24(22-12-13-36(6)30(41)16-22)18-28(25)39(33(42)31(32)35-5)27-11-9-8-10-23(27)20(2)3/h2*7-13,16-18,20,22,40H,1,14-15,19H2,2-5H3;7-13,16-18,20-21H,1,14-15,19H2,2-4,6H3/t2*22-;21-/m000/s1. The number of amides is 3. The molecule has 8 aromatic carbocycles. The Bertz CT molecular complexity index is 6860. The molecule has 0 unspecified atom stereocenters. The van der Waals surface area contributed by atoms with Crippen LogP contribution in [0.2, 0.25) is 15.1 Å². The van der Waals surface area contributed by atoms with Crippen molar-refractivity contribution >= 4 is 119 Å². The van der Waals surface area contributed by atoms with Crippen LogP contribution in [0.4, 0.5) is 34.1 Å². The molecule has 3 fully saturated rings. The molecular weight excluding hydrogens is 1650 g/mol. The Morgan fingerprint density at radius 3 is 1.10 bits per heavy atom. The van der Waals surface area contributed by atoms with Crippen LogP contribution in [-0.2, 0) is 21.4 Å². The summed E-state index contributed by atoms with van der Waals surface area (Å²) < 4.78 is 6.31. The fraction of sp³-hybridized carbons (Fsp3) is 0.267. The predicted molar refractivity (Wildman–Crippen MR) is 510 cm³/mol. The molecule has 25 heteroatoms. The number of carbonyl (C=O) groups is 3. The first-order valence-corrected chi connectivity index (χ1v) is 42.8. The van der Waals surface area contributed by atoms with E-state index in [1.165, 1.54) is 28.9 Å². The van der Waals surface area contributed by atoms with Crippen molar-refractivity contribution in [3.05, 3.63) is 320 Å². The SMILES string of the molecule is [C-]#[N+]c1c(N2CCN(C(=O)C=C)C[C@@H]2C)c2cc(Cl)c(-c3cc(C)ccc3O)cc2n(-c2ccccc2C(C)C)c1=O.[C-]#[N+]c1c(N2CCN(C(=O)C=C)C[C@@H]2C)c2cc(Cl)c(-c3ccc(C)c(O)c3)cc2n(-c2ccccc2C(C)C)c1=O.[C-]#[N+]c1c(N2CCN(C(=O)C=C)C[C@@H]2C)c2cc(Cl)c(-c3ccn(C)c(=O)c3)cc2n(-c2ccccc2C(C)C)c1=O. The minimum absolute atomic E-state index is 0.00127. The lowest BCUT2D eigenvalue weighted by molar-refractivity contribution is -0.127. The number of carbonyl (C=O) groups excluding carboxylic acids is 3. The lowest BCUT2D eigenvalue weighted by atomic mass is 9.97. The molecule has 0 spiro atoms. The Morgan fingerprint density at radius 2 is 0.770 bits per heavy atom. The lowest BCUT2D eigenvalue weighted by Gasteiger charge is -2.42. The Labute approximate surface area is 747 Å². The minimum atomic E-state index is -0.436. The molecule has 0 bridgehead atoms. The predicted octanol–water partition coefficient (Wildman–Crippen LogP) is 20.4. The Morgan fingerprint density at radius 1 is 0.429 bits per heavy atom. The van der Waals surface area contributed by atoms with Crippen molar-refractivity contribution in [1.29, 1.82) is 0 Å². The number of aryl methyl sites for hydroxylation is 3. The van der Waals surface area contributed by atoms with Crippen LogP contribution >= 0.6 is 34.8 Å². The maximum absolute atomic E-state index is 14.4.